The van der Waals surface area contributed by atoms with Gasteiger partial charge in [-0.3, -0.25) is 4.98 Å². The van der Waals surface area contributed by atoms with Crippen LogP contribution in [0.2, 0.25) is 0 Å². The van der Waals surface area contributed by atoms with Crippen LogP contribution in [0.5, 0.6) is 0 Å². The first kappa shape index (κ1) is 32.6. The molecule has 0 spiro atoms. The summed E-state index contributed by atoms with van der Waals surface area (Å²) in [6.45, 7) is 0. The van der Waals surface area contributed by atoms with Crippen molar-refractivity contribution in [2.45, 2.75) is 0 Å². The number of benzene rings is 7. The van der Waals surface area contributed by atoms with Gasteiger partial charge in [0.15, 0.2) is 5.82 Å². The highest BCUT2D eigenvalue weighted by molar-refractivity contribution is 7.26. The molecule has 5 heteroatoms. The minimum absolute atomic E-state index is 0.685. The lowest BCUT2D eigenvalue weighted by atomic mass is 9.94. The van der Waals surface area contributed by atoms with Crippen molar-refractivity contribution in [3.05, 3.63) is 188 Å². The van der Waals surface area contributed by atoms with Crippen LogP contribution in [0.25, 0.3) is 108 Å². The summed E-state index contributed by atoms with van der Waals surface area (Å²) < 4.78 is 5.19. The second kappa shape index (κ2) is 13.5. The predicted molar refractivity (Wildman–Crippen MR) is 238 cm³/mol. The van der Waals surface area contributed by atoms with Crippen LogP contribution in [0.4, 0.5) is 0 Å². The largest absolute Gasteiger partial charge is 0.264 e. The molecule has 7 aromatic carbocycles. The third-order valence-corrected chi connectivity index (χ3v) is 12.9. The molecule has 11 rings (SSSR count). The van der Waals surface area contributed by atoms with Gasteiger partial charge < -0.3 is 0 Å². The van der Waals surface area contributed by atoms with Crippen LogP contribution in [0.3, 0.4) is 0 Å². The van der Waals surface area contributed by atoms with Crippen LogP contribution in [0.1, 0.15) is 0 Å². The predicted octanol–water partition coefficient (Wildman–Crippen LogP) is 14.6. The van der Waals surface area contributed by atoms with Gasteiger partial charge in [0.1, 0.15) is 0 Å². The Hall–Kier alpha value is -6.79. The van der Waals surface area contributed by atoms with E-state index >= 15 is 0 Å². The van der Waals surface area contributed by atoms with Gasteiger partial charge in [-0.05, 0) is 100 Å². The van der Waals surface area contributed by atoms with Crippen LogP contribution < -0.4 is 0 Å². The zero-order chi connectivity index (χ0) is 37.0. The SMILES string of the molecule is c1ccc(-c2cc(-c3ccc(-c4cccnc4)cc3)nc(-c3cc(-c4ccc5sc6ccccc6c5c4)cc(-c4ccc5sc6ccccc6c5c4)c3)n2)cc1. The number of hydrogen-bond donors (Lipinski definition) is 0. The highest BCUT2D eigenvalue weighted by atomic mass is 32.1. The third kappa shape index (κ3) is 5.86. The fourth-order valence-corrected chi connectivity index (χ4v) is 9.92. The lowest BCUT2D eigenvalue weighted by molar-refractivity contribution is 1.18. The standard InChI is InChI=1S/C51H31N3S2/c1-2-9-33(10-3-1)45-30-46(34-18-16-32(17-19-34)37-11-8-24-52-31-37)54-51(53-45)40-26-38(35-20-22-49-43(28-35)41-12-4-6-14-47(41)55-49)25-39(27-40)36-21-23-50-44(29-36)42-13-5-7-15-48(42)56-50/h1-31H. The topological polar surface area (TPSA) is 38.7 Å². The average Bonchev–Trinajstić information content (AvgIpc) is 3.84. The lowest BCUT2D eigenvalue weighted by Gasteiger charge is -2.13. The fourth-order valence-electron chi connectivity index (χ4n) is 7.75. The van der Waals surface area contributed by atoms with E-state index in [0.717, 1.165) is 61.5 Å². The van der Waals surface area contributed by atoms with E-state index in [4.69, 9.17) is 9.97 Å². The Morgan fingerprint density at radius 3 is 1.38 bits per heavy atom. The number of hydrogen-bond acceptors (Lipinski definition) is 5. The van der Waals surface area contributed by atoms with Crippen LogP contribution >= 0.6 is 22.7 Å². The molecule has 11 aromatic rings. The molecule has 0 radical (unpaired) electrons. The van der Waals surface area contributed by atoms with Crippen molar-refractivity contribution in [1.82, 2.24) is 15.0 Å². The fraction of sp³-hybridized carbons (Fsp3) is 0. The number of aromatic nitrogens is 3. The Labute approximate surface area is 331 Å². The summed E-state index contributed by atoms with van der Waals surface area (Å²) in [5.74, 6) is 0.685. The molecule has 0 aliphatic heterocycles. The van der Waals surface area contributed by atoms with Crippen LogP contribution in [-0.4, -0.2) is 15.0 Å². The summed E-state index contributed by atoms with van der Waals surface area (Å²) in [6, 6.07) is 63.1. The highest BCUT2D eigenvalue weighted by Gasteiger charge is 2.16. The molecule has 0 aliphatic rings. The molecular weight excluding hydrogens is 719 g/mol. The normalized spacial score (nSPS) is 11.6. The van der Waals surface area contributed by atoms with E-state index in [2.05, 4.69) is 169 Å². The first-order valence-corrected chi connectivity index (χ1v) is 20.3. The smallest absolute Gasteiger partial charge is 0.160 e. The molecule has 0 bridgehead atoms. The number of pyridine rings is 1. The summed E-state index contributed by atoms with van der Waals surface area (Å²) in [5, 5.41) is 5.14. The monoisotopic (exact) mass is 749 g/mol. The van der Waals surface area contributed by atoms with E-state index in [9.17, 15) is 0 Å². The van der Waals surface area contributed by atoms with Crippen molar-refractivity contribution in [3.8, 4) is 67.3 Å². The minimum Gasteiger partial charge on any atom is -0.264 e. The molecule has 3 nitrogen and oxygen atoms in total. The minimum atomic E-state index is 0.685. The first-order valence-electron chi connectivity index (χ1n) is 18.6. The third-order valence-electron chi connectivity index (χ3n) is 10.6. The van der Waals surface area contributed by atoms with Gasteiger partial charge in [-0.2, -0.15) is 0 Å². The molecule has 0 saturated heterocycles. The van der Waals surface area contributed by atoms with E-state index in [-0.39, 0.29) is 0 Å². The Morgan fingerprint density at radius 2 is 0.786 bits per heavy atom. The summed E-state index contributed by atoms with van der Waals surface area (Å²) in [7, 11) is 0. The van der Waals surface area contributed by atoms with E-state index in [1.165, 1.54) is 40.3 Å². The van der Waals surface area contributed by atoms with Crippen molar-refractivity contribution in [2.24, 2.45) is 0 Å². The molecule has 4 heterocycles. The number of nitrogens with zero attached hydrogens (tertiary/aromatic N) is 3. The molecule has 0 N–H and O–H groups in total. The van der Waals surface area contributed by atoms with Crippen molar-refractivity contribution >= 4 is 63.0 Å². The van der Waals surface area contributed by atoms with Gasteiger partial charge in [0.25, 0.3) is 0 Å². The highest BCUT2D eigenvalue weighted by Crippen LogP contribution is 2.41. The zero-order valence-electron chi connectivity index (χ0n) is 30.1. The summed E-state index contributed by atoms with van der Waals surface area (Å²) in [6.07, 6.45) is 3.70. The maximum absolute atomic E-state index is 5.32. The maximum Gasteiger partial charge on any atom is 0.160 e. The molecule has 0 saturated carbocycles. The molecule has 0 fully saturated rings. The molecule has 56 heavy (non-hydrogen) atoms. The molecule has 0 atom stereocenters. The van der Waals surface area contributed by atoms with E-state index in [1.54, 1.807) is 6.20 Å². The summed E-state index contributed by atoms with van der Waals surface area (Å²) in [5.41, 5.74) is 11.6. The van der Waals surface area contributed by atoms with Gasteiger partial charge >= 0.3 is 0 Å². The number of thiophene rings is 2. The maximum atomic E-state index is 5.32. The second-order valence-electron chi connectivity index (χ2n) is 14.1. The summed E-state index contributed by atoms with van der Waals surface area (Å²) in [4.78, 5) is 14.9. The van der Waals surface area contributed by atoms with Crippen LogP contribution in [0, 0.1) is 0 Å². The Morgan fingerprint density at radius 1 is 0.304 bits per heavy atom. The second-order valence-corrected chi connectivity index (χ2v) is 16.2. The molecule has 0 aliphatic carbocycles. The molecule has 0 amide bonds. The average molecular weight is 750 g/mol. The molecule has 4 aromatic heterocycles. The molecular formula is C51H31N3S2. The lowest BCUT2D eigenvalue weighted by Crippen LogP contribution is -1.97. The zero-order valence-corrected chi connectivity index (χ0v) is 31.7. The van der Waals surface area contributed by atoms with E-state index < -0.39 is 0 Å². The van der Waals surface area contributed by atoms with Gasteiger partial charge in [0, 0.05) is 69.4 Å². The Bertz CT molecular complexity index is 3110. The number of rotatable bonds is 6. The van der Waals surface area contributed by atoms with Gasteiger partial charge in [-0.15, -0.1) is 22.7 Å². The number of fused-ring (bicyclic) bond motifs is 6. The van der Waals surface area contributed by atoms with Crippen LogP contribution in [-0.2, 0) is 0 Å². The van der Waals surface area contributed by atoms with Gasteiger partial charge in [0.05, 0.1) is 11.4 Å². The Kier molecular flexibility index (Phi) is 7.87. The quantitative estimate of drug-likeness (QED) is 0.170. The van der Waals surface area contributed by atoms with Gasteiger partial charge in [-0.25, -0.2) is 9.97 Å². The molecule has 262 valence electrons. The van der Waals surface area contributed by atoms with E-state index in [1.807, 2.05) is 41.0 Å². The van der Waals surface area contributed by atoms with Crippen LogP contribution in [0.15, 0.2) is 188 Å². The van der Waals surface area contributed by atoms with E-state index in [0.29, 0.717) is 5.82 Å². The Balaban J connectivity index is 1.11. The summed E-state index contributed by atoms with van der Waals surface area (Å²) >= 11 is 3.69. The van der Waals surface area contributed by atoms with Crippen molar-refractivity contribution < 1.29 is 0 Å². The van der Waals surface area contributed by atoms with Crippen molar-refractivity contribution in [1.29, 1.82) is 0 Å². The van der Waals surface area contributed by atoms with Gasteiger partial charge in [0.2, 0.25) is 0 Å². The first-order chi connectivity index (χ1) is 27.7. The molecule has 0 unspecified atom stereocenters. The van der Waals surface area contributed by atoms with Crippen molar-refractivity contribution in [2.75, 3.05) is 0 Å². The van der Waals surface area contributed by atoms with Gasteiger partial charge in [-0.1, -0.05) is 109 Å². The van der Waals surface area contributed by atoms with Crippen molar-refractivity contribution in [3.63, 3.8) is 0 Å².